The molecule has 4 nitrogen and oxygen atoms in total. The van der Waals surface area contributed by atoms with Crippen LogP contribution < -0.4 is 5.73 Å². The zero-order valence-corrected chi connectivity index (χ0v) is 14.8. The third kappa shape index (κ3) is 3.50. The number of likely N-dealkylation sites (tertiary alicyclic amines) is 1. The summed E-state index contributed by atoms with van der Waals surface area (Å²) in [7, 11) is 0. The predicted octanol–water partition coefficient (Wildman–Crippen LogP) is 3.71. The highest BCUT2D eigenvalue weighted by molar-refractivity contribution is 5.25. The van der Waals surface area contributed by atoms with Gasteiger partial charge in [0.25, 0.3) is 0 Å². The summed E-state index contributed by atoms with van der Waals surface area (Å²) in [5, 5.41) is 0. The van der Waals surface area contributed by atoms with Crippen LogP contribution in [0.15, 0.2) is 36.7 Å². The average Bonchev–Trinajstić information content (AvgIpc) is 2.61. The SMILES string of the molecule is Cc1cccnc1[C@H]1CCC[C@@H](c2ncccc2C)N1CCCN. The van der Waals surface area contributed by atoms with Crippen LogP contribution in [0, 0.1) is 13.8 Å². The second kappa shape index (κ2) is 7.86. The lowest BCUT2D eigenvalue weighted by Gasteiger charge is -2.42. The molecule has 0 saturated carbocycles. The number of piperidine rings is 1. The standard InChI is InChI=1S/C20H28N4/c1-15-7-4-12-22-19(15)17-9-3-10-18(24(17)14-6-11-21)20-16(2)8-5-13-23-20/h4-5,7-8,12-13,17-18H,3,6,9-11,14,21H2,1-2H3/t17-,18+. The summed E-state index contributed by atoms with van der Waals surface area (Å²) in [5.41, 5.74) is 10.8. The summed E-state index contributed by atoms with van der Waals surface area (Å²) in [6.45, 7) is 6.05. The number of hydrogen-bond donors (Lipinski definition) is 1. The van der Waals surface area contributed by atoms with E-state index < -0.39 is 0 Å². The van der Waals surface area contributed by atoms with Crippen molar-refractivity contribution in [2.24, 2.45) is 5.73 Å². The largest absolute Gasteiger partial charge is 0.330 e. The predicted molar refractivity (Wildman–Crippen MR) is 97.7 cm³/mol. The fourth-order valence-electron chi connectivity index (χ4n) is 3.92. The lowest BCUT2D eigenvalue weighted by molar-refractivity contribution is 0.0756. The number of nitrogens with two attached hydrogens (primary N) is 1. The zero-order chi connectivity index (χ0) is 16.9. The first-order valence-corrected chi connectivity index (χ1v) is 9.01. The van der Waals surface area contributed by atoms with Crippen LogP contribution in [0.3, 0.4) is 0 Å². The van der Waals surface area contributed by atoms with E-state index in [9.17, 15) is 0 Å². The van der Waals surface area contributed by atoms with Gasteiger partial charge in [0.05, 0.1) is 23.5 Å². The molecule has 2 aromatic rings. The van der Waals surface area contributed by atoms with Gasteiger partial charge in [-0.05, 0) is 69.3 Å². The molecule has 1 fully saturated rings. The molecule has 0 bridgehead atoms. The second-order valence-electron chi connectivity index (χ2n) is 6.75. The van der Waals surface area contributed by atoms with E-state index >= 15 is 0 Å². The Morgan fingerprint density at radius 3 is 2.00 bits per heavy atom. The highest BCUT2D eigenvalue weighted by Crippen LogP contribution is 2.41. The van der Waals surface area contributed by atoms with Gasteiger partial charge in [-0.15, -0.1) is 0 Å². The van der Waals surface area contributed by atoms with Gasteiger partial charge in [0, 0.05) is 18.9 Å². The van der Waals surface area contributed by atoms with Crippen LogP contribution in [0.4, 0.5) is 0 Å². The number of rotatable bonds is 5. The fourth-order valence-corrected chi connectivity index (χ4v) is 3.92. The van der Waals surface area contributed by atoms with Crippen LogP contribution in [0.2, 0.25) is 0 Å². The molecule has 0 spiro atoms. The van der Waals surface area contributed by atoms with Crippen molar-refractivity contribution in [2.75, 3.05) is 13.1 Å². The van der Waals surface area contributed by atoms with Crippen molar-refractivity contribution in [3.63, 3.8) is 0 Å². The maximum absolute atomic E-state index is 5.82. The summed E-state index contributed by atoms with van der Waals surface area (Å²) >= 11 is 0. The summed E-state index contributed by atoms with van der Waals surface area (Å²) in [6.07, 6.45) is 8.36. The number of aryl methyl sites for hydroxylation is 2. The van der Waals surface area contributed by atoms with Crippen LogP contribution in [0.25, 0.3) is 0 Å². The highest BCUT2D eigenvalue weighted by Gasteiger charge is 2.34. The minimum absolute atomic E-state index is 0.359. The molecule has 2 aromatic heterocycles. The summed E-state index contributed by atoms with van der Waals surface area (Å²) in [5.74, 6) is 0. The molecule has 4 heteroatoms. The molecule has 0 amide bonds. The lowest BCUT2D eigenvalue weighted by Crippen LogP contribution is -2.39. The average molecular weight is 324 g/mol. The van der Waals surface area contributed by atoms with Gasteiger partial charge >= 0.3 is 0 Å². The van der Waals surface area contributed by atoms with Gasteiger partial charge < -0.3 is 5.73 Å². The molecule has 0 radical (unpaired) electrons. The molecule has 1 aliphatic heterocycles. The first kappa shape index (κ1) is 17.1. The van der Waals surface area contributed by atoms with Gasteiger partial charge in [0.15, 0.2) is 0 Å². The molecule has 24 heavy (non-hydrogen) atoms. The summed E-state index contributed by atoms with van der Waals surface area (Å²) in [6, 6.07) is 9.09. The van der Waals surface area contributed by atoms with Crippen LogP contribution >= 0.6 is 0 Å². The number of aromatic nitrogens is 2. The molecule has 1 saturated heterocycles. The molecule has 3 heterocycles. The first-order valence-electron chi connectivity index (χ1n) is 9.01. The molecule has 1 aliphatic rings. The Morgan fingerprint density at radius 1 is 1.00 bits per heavy atom. The van der Waals surface area contributed by atoms with Crippen molar-refractivity contribution in [3.8, 4) is 0 Å². The third-order valence-corrected chi connectivity index (χ3v) is 5.11. The molecule has 2 atom stereocenters. The first-order chi connectivity index (χ1) is 11.7. The van der Waals surface area contributed by atoms with E-state index in [4.69, 9.17) is 15.7 Å². The van der Waals surface area contributed by atoms with Crippen LogP contribution in [0.5, 0.6) is 0 Å². The van der Waals surface area contributed by atoms with E-state index in [1.807, 2.05) is 24.5 Å². The minimum atomic E-state index is 0.359. The van der Waals surface area contributed by atoms with E-state index in [1.165, 1.54) is 28.9 Å². The normalized spacial score (nSPS) is 21.8. The van der Waals surface area contributed by atoms with E-state index in [2.05, 4.69) is 30.9 Å². The molecular weight excluding hydrogens is 296 g/mol. The Hall–Kier alpha value is -1.78. The van der Waals surface area contributed by atoms with E-state index in [0.29, 0.717) is 12.1 Å². The van der Waals surface area contributed by atoms with Crippen LogP contribution in [0.1, 0.15) is 60.3 Å². The summed E-state index contributed by atoms with van der Waals surface area (Å²) < 4.78 is 0. The van der Waals surface area contributed by atoms with Crippen molar-refractivity contribution in [1.29, 1.82) is 0 Å². The molecule has 0 aliphatic carbocycles. The topological polar surface area (TPSA) is 55.0 Å². The van der Waals surface area contributed by atoms with Crippen molar-refractivity contribution in [2.45, 2.75) is 51.6 Å². The van der Waals surface area contributed by atoms with Crippen molar-refractivity contribution in [3.05, 3.63) is 59.2 Å². The molecule has 128 valence electrons. The van der Waals surface area contributed by atoms with Gasteiger partial charge in [-0.2, -0.15) is 0 Å². The molecule has 3 rings (SSSR count). The van der Waals surface area contributed by atoms with E-state index in [0.717, 1.165) is 32.4 Å². The van der Waals surface area contributed by atoms with Gasteiger partial charge in [0.2, 0.25) is 0 Å². The van der Waals surface area contributed by atoms with Crippen LogP contribution in [-0.2, 0) is 0 Å². The monoisotopic (exact) mass is 324 g/mol. The number of hydrogen-bond acceptors (Lipinski definition) is 4. The molecule has 0 aromatic carbocycles. The number of nitrogens with zero attached hydrogens (tertiary/aromatic N) is 3. The minimum Gasteiger partial charge on any atom is -0.330 e. The van der Waals surface area contributed by atoms with Gasteiger partial charge in [0.1, 0.15) is 0 Å². The van der Waals surface area contributed by atoms with Gasteiger partial charge in [-0.3, -0.25) is 14.9 Å². The maximum atomic E-state index is 5.82. The quantitative estimate of drug-likeness (QED) is 0.911. The van der Waals surface area contributed by atoms with Crippen molar-refractivity contribution >= 4 is 0 Å². The molecule has 2 N–H and O–H groups in total. The smallest absolute Gasteiger partial charge is 0.0604 e. The van der Waals surface area contributed by atoms with Gasteiger partial charge in [-0.1, -0.05) is 12.1 Å². The zero-order valence-electron chi connectivity index (χ0n) is 14.8. The van der Waals surface area contributed by atoms with E-state index in [1.54, 1.807) is 0 Å². The van der Waals surface area contributed by atoms with E-state index in [-0.39, 0.29) is 0 Å². The lowest BCUT2D eigenvalue weighted by atomic mass is 9.88. The van der Waals surface area contributed by atoms with Crippen molar-refractivity contribution in [1.82, 2.24) is 14.9 Å². The van der Waals surface area contributed by atoms with Crippen molar-refractivity contribution < 1.29 is 0 Å². The Morgan fingerprint density at radius 2 is 1.54 bits per heavy atom. The Bertz CT molecular complexity index is 617. The maximum Gasteiger partial charge on any atom is 0.0604 e. The second-order valence-corrected chi connectivity index (χ2v) is 6.75. The Balaban J connectivity index is 1.97. The molecule has 0 unspecified atom stereocenters. The Labute approximate surface area is 145 Å². The Kier molecular flexibility index (Phi) is 5.59. The third-order valence-electron chi connectivity index (χ3n) is 5.11. The van der Waals surface area contributed by atoms with Crippen LogP contribution in [-0.4, -0.2) is 28.0 Å². The van der Waals surface area contributed by atoms with Gasteiger partial charge in [-0.25, -0.2) is 0 Å². The highest BCUT2D eigenvalue weighted by atomic mass is 15.2. The number of pyridine rings is 2. The fraction of sp³-hybridized carbons (Fsp3) is 0.500. The molecular formula is C20H28N4. The summed E-state index contributed by atoms with van der Waals surface area (Å²) in [4.78, 5) is 12.0.